The first-order valence-corrected chi connectivity index (χ1v) is 10.5. The first-order valence-electron chi connectivity index (χ1n) is 10.5. The van der Waals surface area contributed by atoms with Crippen molar-refractivity contribution < 1.29 is 14.3 Å². The van der Waals surface area contributed by atoms with Crippen molar-refractivity contribution in [3.63, 3.8) is 0 Å². The molecule has 0 N–H and O–H groups in total. The minimum absolute atomic E-state index is 0.00304. The van der Waals surface area contributed by atoms with Crippen LogP contribution < -0.4 is 0 Å². The van der Waals surface area contributed by atoms with Crippen molar-refractivity contribution >= 4 is 5.97 Å². The van der Waals surface area contributed by atoms with Crippen LogP contribution >= 0.6 is 0 Å². The predicted octanol–water partition coefficient (Wildman–Crippen LogP) is 4.81. The molecule has 1 unspecified atom stereocenters. The molecule has 2 fully saturated rings. The summed E-state index contributed by atoms with van der Waals surface area (Å²) in [5, 5.41) is 0. The third kappa shape index (κ3) is 3.83. The number of rotatable bonds is 6. The Morgan fingerprint density at radius 2 is 2.19 bits per heavy atom. The number of cyclic esters (lactones) is 1. The molecule has 0 aromatic heterocycles. The maximum absolute atomic E-state index is 11.5. The molecule has 1 heterocycles. The van der Waals surface area contributed by atoms with E-state index in [1.807, 2.05) is 0 Å². The highest BCUT2D eigenvalue weighted by atomic mass is 16.5. The van der Waals surface area contributed by atoms with Gasteiger partial charge >= 0.3 is 5.97 Å². The number of unbranched alkanes of at least 4 members (excludes halogenated alkanes) is 1. The van der Waals surface area contributed by atoms with E-state index in [0.717, 1.165) is 26.1 Å². The summed E-state index contributed by atoms with van der Waals surface area (Å²) in [6.45, 7) is 4.68. The molecule has 0 bridgehead atoms. The number of esters is 1. The Balaban J connectivity index is 1.36. The first kappa shape index (κ1) is 18.0. The zero-order valence-corrected chi connectivity index (χ0v) is 16.1. The number of ether oxygens (including phenoxy) is 2. The first-order chi connectivity index (χ1) is 12.7. The fourth-order valence-corrected chi connectivity index (χ4v) is 5.17. The lowest BCUT2D eigenvalue weighted by atomic mass is 9.80. The molecule has 142 valence electrons. The standard InChI is InChI=1S/C23H32O3/c1-2-3-10-25-15-17-4-5-19-12-20(7-6-18(19)11-17)21-8-9-23(13-21)14-22(24)26-16-23/h6-7,12,17,21H,2-5,8-11,13-16H2,1H3/t17?,21-,23-/m0/s1. The van der Waals surface area contributed by atoms with E-state index in [4.69, 9.17) is 9.47 Å². The molecule has 2 aliphatic carbocycles. The van der Waals surface area contributed by atoms with E-state index in [1.165, 1.54) is 49.7 Å². The van der Waals surface area contributed by atoms with Gasteiger partial charge in [0, 0.05) is 18.6 Å². The lowest BCUT2D eigenvalue weighted by Crippen LogP contribution is -2.20. The summed E-state index contributed by atoms with van der Waals surface area (Å²) in [4.78, 5) is 11.5. The molecule has 3 aliphatic rings. The SMILES string of the molecule is CCCCOCC1CCc2cc([C@H]3CC[C@]4(COC(=O)C4)C3)ccc2C1. The molecule has 1 aromatic carbocycles. The van der Waals surface area contributed by atoms with Crippen molar-refractivity contribution in [3.8, 4) is 0 Å². The van der Waals surface area contributed by atoms with Crippen molar-refractivity contribution in [1.82, 2.24) is 0 Å². The molecule has 26 heavy (non-hydrogen) atoms. The highest BCUT2D eigenvalue weighted by molar-refractivity contribution is 5.72. The minimum atomic E-state index is 0.00304. The van der Waals surface area contributed by atoms with Gasteiger partial charge < -0.3 is 9.47 Å². The van der Waals surface area contributed by atoms with E-state index in [9.17, 15) is 4.79 Å². The van der Waals surface area contributed by atoms with Crippen LogP contribution in [0.1, 0.15) is 74.5 Å². The lowest BCUT2D eigenvalue weighted by Gasteiger charge is -2.26. The van der Waals surface area contributed by atoms with Gasteiger partial charge in [0.05, 0.1) is 13.0 Å². The number of hydrogen-bond acceptors (Lipinski definition) is 3. The Morgan fingerprint density at radius 1 is 1.27 bits per heavy atom. The van der Waals surface area contributed by atoms with Gasteiger partial charge in [-0.2, -0.15) is 0 Å². The zero-order valence-electron chi connectivity index (χ0n) is 16.1. The van der Waals surface area contributed by atoms with E-state index in [1.54, 1.807) is 5.56 Å². The molecule has 1 spiro atoms. The van der Waals surface area contributed by atoms with Gasteiger partial charge in [-0.3, -0.25) is 4.79 Å². The number of carbonyl (C=O) groups excluding carboxylic acids is 1. The molecule has 1 aliphatic heterocycles. The molecule has 3 atom stereocenters. The van der Waals surface area contributed by atoms with Crippen LogP contribution in [0, 0.1) is 11.3 Å². The van der Waals surface area contributed by atoms with Gasteiger partial charge in [0.1, 0.15) is 0 Å². The molecule has 3 nitrogen and oxygen atoms in total. The van der Waals surface area contributed by atoms with Gasteiger partial charge in [-0.25, -0.2) is 0 Å². The number of fused-ring (bicyclic) bond motifs is 1. The van der Waals surface area contributed by atoms with Crippen molar-refractivity contribution in [2.75, 3.05) is 19.8 Å². The summed E-state index contributed by atoms with van der Waals surface area (Å²) < 4.78 is 11.1. The smallest absolute Gasteiger partial charge is 0.306 e. The number of carbonyl (C=O) groups is 1. The predicted molar refractivity (Wildman–Crippen MR) is 102 cm³/mol. The quantitative estimate of drug-likeness (QED) is 0.542. The Hall–Kier alpha value is -1.35. The summed E-state index contributed by atoms with van der Waals surface area (Å²) in [6.07, 6.45) is 10.1. The van der Waals surface area contributed by atoms with Gasteiger partial charge in [0.15, 0.2) is 0 Å². The van der Waals surface area contributed by atoms with Crippen molar-refractivity contribution in [3.05, 3.63) is 34.9 Å². The van der Waals surface area contributed by atoms with Gasteiger partial charge in [-0.05, 0) is 73.5 Å². The number of benzene rings is 1. The average molecular weight is 357 g/mol. The van der Waals surface area contributed by atoms with Crippen LogP contribution in [0.3, 0.4) is 0 Å². The normalized spacial score (nSPS) is 30.6. The molecular weight excluding hydrogens is 324 g/mol. The van der Waals surface area contributed by atoms with Crippen LogP contribution in [0.5, 0.6) is 0 Å². The van der Waals surface area contributed by atoms with Crippen molar-refractivity contribution in [2.45, 2.75) is 70.6 Å². The Kier molecular flexibility index (Phi) is 5.35. The Morgan fingerprint density at radius 3 is 3.00 bits per heavy atom. The molecule has 1 saturated carbocycles. The summed E-state index contributed by atoms with van der Waals surface area (Å²) >= 11 is 0. The average Bonchev–Trinajstić information content (AvgIpc) is 3.24. The molecule has 3 heteroatoms. The van der Waals surface area contributed by atoms with E-state index >= 15 is 0 Å². The maximum Gasteiger partial charge on any atom is 0.306 e. The van der Waals surface area contributed by atoms with Crippen LogP contribution in [-0.4, -0.2) is 25.8 Å². The van der Waals surface area contributed by atoms with Crippen molar-refractivity contribution in [2.24, 2.45) is 11.3 Å². The maximum atomic E-state index is 11.5. The fraction of sp³-hybridized carbons (Fsp3) is 0.696. The van der Waals surface area contributed by atoms with Crippen molar-refractivity contribution in [1.29, 1.82) is 0 Å². The molecule has 0 amide bonds. The number of aryl methyl sites for hydroxylation is 1. The van der Waals surface area contributed by atoms with Crippen LogP contribution in [0.4, 0.5) is 0 Å². The minimum Gasteiger partial charge on any atom is -0.465 e. The second kappa shape index (κ2) is 7.72. The molecular formula is C23H32O3. The second-order valence-corrected chi connectivity index (χ2v) is 8.84. The third-order valence-electron chi connectivity index (χ3n) is 6.79. The van der Waals surface area contributed by atoms with Crippen LogP contribution in [0.15, 0.2) is 18.2 Å². The Labute approximate surface area is 157 Å². The van der Waals surface area contributed by atoms with E-state index < -0.39 is 0 Å². The van der Waals surface area contributed by atoms with Crippen LogP contribution in [-0.2, 0) is 27.1 Å². The van der Waals surface area contributed by atoms with Crippen LogP contribution in [0.25, 0.3) is 0 Å². The third-order valence-corrected chi connectivity index (χ3v) is 6.79. The van der Waals surface area contributed by atoms with Crippen LogP contribution in [0.2, 0.25) is 0 Å². The second-order valence-electron chi connectivity index (χ2n) is 8.84. The molecule has 1 aromatic rings. The monoisotopic (exact) mass is 356 g/mol. The fourth-order valence-electron chi connectivity index (χ4n) is 5.17. The molecule has 0 radical (unpaired) electrons. The van der Waals surface area contributed by atoms with E-state index in [0.29, 0.717) is 24.9 Å². The molecule has 4 rings (SSSR count). The summed E-state index contributed by atoms with van der Waals surface area (Å²) in [7, 11) is 0. The molecule has 1 saturated heterocycles. The highest BCUT2D eigenvalue weighted by Gasteiger charge is 2.46. The Bertz CT molecular complexity index is 653. The van der Waals surface area contributed by atoms with Gasteiger partial charge in [0.2, 0.25) is 0 Å². The van der Waals surface area contributed by atoms with E-state index in [-0.39, 0.29) is 11.4 Å². The van der Waals surface area contributed by atoms with E-state index in [2.05, 4.69) is 25.1 Å². The highest BCUT2D eigenvalue weighted by Crippen LogP contribution is 2.51. The van der Waals surface area contributed by atoms with Gasteiger partial charge in [-0.1, -0.05) is 31.5 Å². The topological polar surface area (TPSA) is 35.5 Å². The van der Waals surface area contributed by atoms with Gasteiger partial charge in [0.25, 0.3) is 0 Å². The summed E-state index contributed by atoms with van der Waals surface area (Å²) in [6, 6.07) is 7.18. The summed E-state index contributed by atoms with van der Waals surface area (Å²) in [5.41, 5.74) is 4.69. The largest absolute Gasteiger partial charge is 0.465 e. The zero-order chi connectivity index (χ0) is 18.0. The lowest BCUT2D eigenvalue weighted by molar-refractivity contribution is -0.137. The van der Waals surface area contributed by atoms with Gasteiger partial charge in [-0.15, -0.1) is 0 Å². The number of hydrogen-bond donors (Lipinski definition) is 0. The summed E-state index contributed by atoms with van der Waals surface area (Å²) in [5.74, 6) is 1.29.